The van der Waals surface area contributed by atoms with E-state index < -0.39 is 10.5 Å². The predicted molar refractivity (Wildman–Crippen MR) is 103 cm³/mol. The normalized spacial score (nSPS) is 59.3. The molecule has 0 bridgehead atoms. The van der Waals surface area contributed by atoms with Crippen LogP contribution in [-0.4, -0.2) is 38.0 Å². The number of aliphatic hydroxyl groups is 2. The first-order valence-electron chi connectivity index (χ1n) is 10.2. The van der Waals surface area contributed by atoms with Crippen LogP contribution in [0.4, 0.5) is 0 Å². The number of Topliss-reactive ketones (excluding diaryl/α,β-unsaturated/α-hetero) is 1. The second kappa shape index (κ2) is 5.84. The van der Waals surface area contributed by atoms with Gasteiger partial charge in [0.2, 0.25) is 0 Å². The van der Waals surface area contributed by atoms with E-state index in [4.69, 9.17) is 23.2 Å². The van der Waals surface area contributed by atoms with Crippen molar-refractivity contribution < 1.29 is 15.0 Å². The molecule has 5 heteroatoms. The van der Waals surface area contributed by atoms with Gasteiger partial charge in [-0.1, -0.05) is 13.8 Å². The van der Waals surface area contributed by atoms with Gasteiger partial charge in [0, 0.05) is 5.41 Å². The van der Waals surface area contributed by atoms with Crippen molar-refractivity contribution in [1.29, 1.82) is 0 Å². The molecule has 0 unspecified atom stereocenters. The number of carbonyl (C=O) groups excluding carboxylic acids is 1. The van der Waals surface area contributed by atoms with Crippen LogP contribution in [-0.2, 0) is 4.79 Å². The van der Waals surface area contributed by atoms with Crippen LogP contribution in [0.5, 0.6) is 0 Å². The standard InChI is InChI=1S/C21H32Cl2O3/c1-12(24)21(26)9-6-16-14-10-17(22)20(23)11-13(25)4-7-18(20,2)15(14)5-8-19(16,21)3/h13-17,25-26H,4-11H2,1-3H3/t13-,14-,15+,16-,17+,18-,19+,20+,21+/m1/s1. The molecule has 2 N–H and O–H groups in total. The minimum absolute atomic E-state index is 0.0853. The van der Waals surface area contributed by atoms with Crippen LogP contribution >= 0.6 is 23.2 Å². The fourth-order valence-corrected chi connectivity index (χ4v) is 8.80. The van der Waals surface area contributed by atoms with Crippen LogP contribution < -0.4 is 0 Å². The zero-order chi connectivity index (χ0) is 19.1. The van der Waals surface area contributed by atoms with E-state index in [1.54, 1.807) is 6.92 Å². The number of rotatable bonds is 1. The summed E-state index contributed by atoms with van der Waals surface area (Å²) in [5.41, 5.74) is -1.64. The second-order valence-corrected chi connectivity index (χ2v) is 11.4. The summed E-state index contributed by atoms with van der Waals surface area (Å²) in [6.45, 7) is 5.95. The van der Waals surface area contributed by atoms with Gasteiger partial charge < -0.3 is 10.2 Å². The topological polar surface area (TPSA) is 57.5 Å². The van der Waals surface area contributed by atoms with Gasteiger partial charge in [-0.15, -0.1) is 23.2 Å². The van der Waals surface area contributed by atoms with Gasteiger partial charge in [0.1, 0.15) is 5.60 Å². The molecular formula is C21H32Cl2O3. The van der Waals surface area contributed by atoms with Gasteiger partial charge in [-0.25, -0.2) is 0 Å². The Kier molecular flexibility index (Phi) is 4.38. The minimum atomic E-state index is -1.19. The zero-order valence-corrected chi connectivity index (χ0v) is 17.6. The molecule has 0 amide bonds. The van der Waals surface area contributed by atoms with Crippen LogP contribution in [0.25, 0.3) is 0 Å². The summed E-state index contributed by atoms with van der Waals surface area (Å²) >= 11 is 14.1. The van der Waals surface area contributed by atoms with Crippen molar-refractivity contribution in [2.75, 3.05) is 0 Å². The van der Waals surface area contributed by atoms with Crippen molar-refractivity contribution in [3.8, 4) is 0 Å². The number of hydrogen-bond donors (Lipinski definition) is 2. The summed E-state index contributed by atoms with van der Waals surface area (Å²) in [5, 5.41) is 21.3. The third-order valence-electron chi connectivity index (χ3n) is 9.44. The molecular weight excluding hydrogens is 371 g/mol. The number of alkyl halides is 2. The Hall–Kier alpha value is 0.170. The molecule has 4 rings (SSSR count). The molecule has 0 aromatic heterocycles. The number of halogens is 2. The molecule has 9 atom stereocenters. The van der Waals surface area contributed by atoms with Gasteiger partial charge in [0.15, 0.2) is 5.78 Å². The van der Waals surface area contributed by atoms with E-state index in [0.29, 0.717) is 30.6 Å². The highest BCUT2D eigenvalue weighted by molar-refractivity contribution is 6.33. The fourth-order valence-electron chi connectivity index (χ4n) is 7.76. The van der Waals surface area contributed by atoms with Crippen molar-refractivity contribution in [2.24, 2.45) is 28.6 Å². The molecule has 0 aromatic carbocycles. The largest absolute Gasteiger partial charge is 0.393 e. The fraction of sp³-hybridized carbons (Fsp3) is 0.952. The summed E-state index contributed by atoms with van der Waals surface area (Å²) < 4.78 is 0. The Labute approximate surface area is 166 Å². The Balaban J connectivity index is 1.72. The molecule has 0 spiro atoms. The lowest BCUT2D eigenvalue weighted by atomic mass is 9.44. The third-order valence-corrected chi connectivity index (χ3v) is 11.0. The summed E-state index contributed by atoms with van der Waals surface area (Å²) in [6, 6.07) is 0. The van der Waals surface area contributed by atoms with E-state index in [2.05, 4.69) is 13.8 Å². The highest BCUT2D eigenvalue weighted by Crippen LogP contribution is 2.71. The number of carbonyl (C=O) groups is 1. The molecule has 3 nitrogen and oxygen atoms in total. The van der Waals surface area contributed by atoms with Crippen LogP contribution in [0.15, 0.2) is 0 Å². The molecule has 26 heavy (non-hydrogen) atoms. The molecule has 0 aromatic rings. The van der Waals surface area contributed by atoms with Crippen molar-refractivity contribution in [3.63, 3.8) is 0 Å². The second-order valence-electron chi connectivity index (χ2n) is 10.2. The average Bonchev–Trinajstić information content (AvgIpc) is 2.84. The number of fused-ring (bicyclic) bond motifs is 5. The van der Waals surface area contributed by atoms with Crippen molar-refractivity contribution in [3.05, 3.63) is 0 Å². The molecule has 148 valence electrons. The van der Waals surface area contributed by atoms with Gasteiger partial charge in [0.05, 0.1) is 16.4 Å². The minimum Gasteiger partial charge on any atom is -0.393 e. The highest BCUT2D eigenvalue weighted by atomic mass is 35.5. The number of ketones is 1. The van der Waals surface area contributed by atoms with Gasteiger partial charge in [-0.05, 0) is 81.5 Å². The number of hydrogen-bond acceptors (Lipinski definition) is 3. The van der Waals surface area contributed by atoms with Crippen molar-refractivity contribution in [2.45, 2.75) is 94.1 Å². The first kappa shape index (κ1) is 19.5. The summed E-state index contributed by atoms with van der Waals surface area (Å²) in [5.74, 6) is 1.09. The Morgan fingerprint density at radius 1 is 1.04 bits per heavy atom. The molecule has 0 saturated heterocycles. The maximum absolute atomic E-state index is 12.3. The molecule has 4 aliphatic carbocycles. The lowest BCUT2D eigenvalue weighted by Crippen LogP contribution is -2.66. The molecule has 4 saturated carbocycles. The SMILES string of the molecule is CC(=O)[C@@]1(O)CC[C@@H]2[C@@H]3C[C@H](Cl)[C@@]4(Cl)C[C@H](O)CC[C@]4(C)[C@H]3CC[C@@]21C. The maximum Gasteiger partial charge on any atom is 0.161 e. The van der Waals surface area contributed by atoms with Crippen LogP contribution in [0.2, 0.25) is 0 Å². The van der Waals surface area contributed by atoms with E-state index in [1.165, 1.54) is 0 Å². The van der Waals surface area contributed by atoms with Gasteiger partial charge in [0.25, 0.3) is 0 Å². The molecule has 4 aliphatic rings. The smallest absolute Gasteiger partial charge is 0.161 e. The Bertz CT molecular complexity index is 626. The van der Waals surface area contributed by atoms with Crippen molar-refractivity contribution in [1.82, 2.24) is 0 Å². The van der Waals surface area contributed by atoms with Gasteiger partial charge >= 0.3 is 0 Å². The van der Waals surface area contributed by atoms with Gasteiger partial charge in [-0.3, -0.25) is 4.79 Å². The van der Waals surface area contributed by atoms with Gasteiger partial charge in [-0.2, -0.15) is 0 Å². The van der Waals surface area contributed by atoms with E-state index >= 15 is 0 Å². The zero-order valence-electron chi connectivity index (χ0n) is 16.1. The molecule has 0 aliphatic heterocycles. The first-order valence-corrected chi connectivity index (χ1v) is 11.1. The van der Waals surface area contributed by atoms with E-state index in [1.807, 2.05) is 0 Å². The average molecular weight is 403 g/mol. The summed E-state index contributed by atoms with van der Waals surface area (Å²) in [4.78, 5) is 11.7. The summed E-state index contributed by atoms with van der Waals surface area (Å²) in [7, 11) is 0. The van der Waals surface area contributed by atoms with Crippen LogP contribution in [0.1, 0.15) is 72.1 Å². The lowest BCUT2D eigenvalue weighted by Gasteiger charge is -2.65. The molecule has 0 radical (unpaired) electrons. The van der Waals surface area contributed by atoms with E-state index in [0.717, 1.165) is 38.5 Å². The molecule has 4 fully saturated rings. The van der Waals surface area contributed by atoms with Crippen molar-refractivity contribution >= 4 is 29.0 Å². The Morgan fingerprint density at radius 3 is 2.27 bits per heavy atom. The molecule has 0 heterocycles. The first-order chi connectivity index (χ1) is 12.0. The summed E-state index contributed by atoms with van der Waals surface area (Å²) in [6.07, 6.45) is 6.05. The predicted octanol–water partition coefficient (Wildman–Crippen LogP) is 4.29. The monoisotopic (exact) mass is 402 g/mol. The third kappa shape index (κ3) is 2.18. The number of aliphatic hydroxyl groups excluding tert-OH is 1. The maximum atomic E-state index is 12.3. The quantitative estimate of drug-likeness (QED) is 0.643. The van der Waals surface area contributed by atoms with Crippen LogP contribution in [0, 0.1) is 28.6 Å². The lowest BCUT2D eigenvalue weighted by molar-refractivity contribution is -0.167. The Morgan fingerprint density at radius 2 is 1.62 bits per heavy atom. The van der Waals surface area contributed by atoms with Crippen LogP contribution in [0.3, 0.4) is 0 Å². The van der Waals surface area contributed by atoms with E-state index in [-0.39, 0.29) is 28.1 Å². The van der Waals surface area contributed by atoms with E-state index in [9.17, 15) is 15.0 Å². The highest BCUT2D eigenvalue weighted by Gasteiger charge is 2.70.